The van der Waals surface area contributed by atoms with E-state index in [-0.39, 0.29) is 5.65 Å². The third kappa shape index (κ3) is 2.90. The number of benzene rings is 1. The molecule has 0 unspecified atom stereocenters. The van der Waals surface area contributed by atoms with Crippen LogP contribution in [0.15, 0.2) is 48.8 Å². The normalized spacial score (nSPS) is 12.2. The molecular weight excluding hydrogens is 393 g/mol. The molecule has 30 heavy (non-hydrogen) atoms. The van der Waals surface area contributed by atoms with Crippen LogP contribution in [0.5, 0.6) is 0 Å². The molecule has 0 fully saturated rings. The number of rotatable bonds is 2. The first kappa shape index (κ1) is 18.3. The molecule has 0 aliphatic rings. The van der Waals surface area contributed by atoms with Gasteiger partial charge in [0.15, 0.2) is 5.65 Å². The van der Waals surface area contributed by atoms with Crippen molar-refractivity contribution in [3.8, 4) is 17.1 Å². The zero-order chi connectivity index (χ0) is 21.0. The van der Waals surface area contributed by atoms with Crippen molar-refractivity contribution in [2.24, 2.45) is 0 Å². The summed E-state index contributed by atoms with van der Waals surface area (Å²) in [4.78, 5) is 12.7. The van der Waals surface area contributed by atoms with Crippen molar-refractivity contribution in [3.05, 3.63) is 65.7 Å². The number of fused-ring (bicyclic) bond motifs is 2. The first-order chi connectivity index (χ1) is 14.3. The van der Waals surface area contributed by atoms with E-state index in [0.29, 0.717) is 17.0 Å². The molecule has 4 heterocycles. The quantitative estimate of drug-likeness (QED) is 0.446. The van der Waals surface area contributed by atoms with Crippen LogP contribution in [0.1, 0.15) is 17.0 Å². The summed E-state index contributed by atoms with van der Waals surface area (Å²) < 4.78 is 41.7. The lowest BCUT2D eigenvalue weighted by Crippen LogP contribution is -2.09. The van der Waals surface area contributed by atoms with Crippen molar-refractivity contribution in [1.82, 2.24) is 29.7 Å². The maximum absolute atomic E-state index is 13.4. The van der Waals surface area contributed by atoms with Crippen LogP contribution in [0.3, 0.4) is 0 Å². The van der Waals surface area contributed by atoms with Crippen LogP contribution < -0.4 is 0 Å². The zero-order valence-electron chi connectivity index (χ0n) is 16.0. The number of pyridine rings is 2. The summed E-state index contributed by atoms with van der Waals surface area (Å²) >= 11 is 0. The second-order valence-electron chi connectivity index (χ2n) is 7.09. The molecule has 0 atom stereocenters. The lowest BCUT2D eigenvalue weighted by atomic mass is 10.1. The molecule has 0 aliphatic carbocycles. The maximum atomic E-state index is 13.4. The fourth-order valence-corrected chi connectivity index (χ4v) is 3.58. The van der Waals surface area contributed by atoms with Crippen molar-refractivity contribution in [2.45, 2.75) is 20.0 Å². The summed E-state index contributed by atoms with van der Waals surface area (Å²) in [5.74, 6) is 0.490. The van der Waals surface area contributed by atoms with E-state index >= 15 is 0 Å². The maximum Gasteiger partial charge on any atom is 0.433 e. The summed E-state index contributed by atoms with van der Waals surface area (Å²) in [5, 5.41) is 7.84. The molecule has 0 aliphatic heterocycles. The molecule has 0 saturated heterocycles. The molecular formula is C21H15F3N6. The van der Waals surface area contributed by atoms with E-state index in [1.165, 1.54) is 6.07 Å². The predicted octanol–water partition coefficient (Wildman–Crippen LogP) is 4.99. The van der Waals surface area contributed by atoms with Crippen molar-refractivity contribution in [3.63, 3.8) is 0 Å². The molecule has 1 N–H and O–H groups in total. The Balaban J connectivity index is 1.87. The average molecular weight is 408 g/mol. The van der Waals surface area contributed by atoms with Crippen LogP contribution in [0.4, 0.5) is 13.2 Å². The minimum absolute atomic E-state index is 0.136. The highest BCUT2D eigenvalue weighted by atomic mass is 19.4. The van der Waals surface area contributed by atoms with E-state index in [4.69, 9.17) is 0 Å². The summed E-state index contributed by atoms with van der Waals surface area (Å²) in [6.07, 6.45) is -1.23. The van der Waals surface area contributed by atoms with Crippen LogP contribution in [0.25, 0.3) is 39.1 Å². The molecule has 150 valence electrons. The summed E-state index contributed by atoms with van der Waals surface area (Å²) in [5.41, 5.74) is 3.48. The lowest BCUT2D eigenvalue weighted by molar-refractivity contribution is -0.141. The van der Waals surface area contributed by atoms with Gasteiger partial charge in [0.1, 0.15) is 17.0 Å². The number of imidazole rings is 1. The highest BCUT2D eigenvalue weighted by Gasteiger charge is 2.33. The fraction of sp³-hybridized carbons (Fsp3) is 0.143. The summed E-state index contributed by atoms with van der Waals surface area (Å²) in [6.45, 7) is 3.76. The van der Waals surface area contributed by atoms with Gasteiger partial charge in [0.25, 0.3) is 0 Å². The molecule has 9 heteroatoms. The second-order valence-corrected chi connectivity index (χ2v) is 7.09. The Morgan fingerprint density at radius 3 is 2.60 bits per heavy atom. The summed E-state index contributed by atoms with van der Waals surface area (Å²) in [7, 11) is 0. The van der Waals surface area contributed by atoms with Crippen molar-refractivity contribution in [2.75, 3.05) is 0 Å². The van der Waals surface area contributed by atoms with E-state index in [9.17, 15) is 13.2 Å². The number of aromatic amines is 1. The second kappa shape index (κ2) is 6.38. The van der Waals surface area contributed by atoms with Crippen LogP contribution in [0, 0.1) is 13.8 Å². The predicted molar refractivity (Wildman–Crippen MR) is 106 cm³/mol. The minimum atomic E-state index is -4.55. The van der Waals surface area contributed by atoms with E-state index in [0.717, 1.165) is 33.8 Å². The average Bonchev–Trinajstić information content (AvgIpc) is 3.31. The topological polar surface area (TPSA) is 72.3 Å². The smallest absolute Gasteiger partial charge is 0.278 e. The van der Waals surface area contributed by atoms with Crippen LogP contribution in [-0.2, 0) is 6.18 Å². The Labute approximate surface area is 168 Å². The van der Waals surface area contributed by atoms with E-state index < -0.39 is 11.9 Å². The van der Waals surface area contributed by atoms with Gasteiger partial charge in [-0.3, -0.25) is 14.6 Å². The molecule has 0 amide bonds. The number of halogens is 3. The zero-order valence-corrected chi connectivity index (χ0v) is 16.0. The van der Waals surface area contributed by atoms with Gasteiger partial charge in [0.2, 0.25) is 0 Å². The van der Waals surface area contributed by atoms with Crippen molar-refractivity contribution in [1.29, 1.82) is 0 Å². The Hall–Kier alpha value is -3.75. The van der Waals surface area contributed by atoms with Gasteiger partial charge in [-0.1, -0.05) is 0 Å². The minimum Gasteiger partial charge on any atom is -0.278 e. The van der Waals surface area contributed by atoms with E-state index in [1.807, 2.05) is 32.0 Å². The third-order valence-corrected chi connectivity index (χ3v) is 4.94. The SMILES string of the molecule is Cc1cc(-c2nc3ccc(C(F)(F)F)nc3n2-c2cc(C)c3[nH]ncc3c2)ccn1. The summed E-state index contributed by atoms with van der Waals surface area (Å²) in [6, 6.07) is 9.64. The number of hydrogen-bond acceptors (Lipinski definition) is 4. The molecule has 4 aromatic heterocycles. The molecule has 1 aromatic carbocycles. The standard InChI is InChI=1S/C21H15F3N6/c1-11-7-15(9-14-10-26-29-18(11)14)30-19(13-5-6-25-12(2)8-13)27-16-3-4-17(21(22,23)24)28-20(16)30/h3-10H,1-2H3,(H,26,29). The number of hydrogen-bond donors (Lipinski definition) is 1. The Kier molecular flexibility index (Phi) is 3.89. The largest absolute Gasteiger partial charge is 0.433 e. The molecule has 5 rings (SSSR count). The third-order valence-electron chi connectivity index (χ3n) is 4.94. The highest BCUT2D eigenvalue weighted by Crippen LogP contribution is 2.33. The van der Waals surface area contributed by atoms with Gasteiger partial charge in [-0.25, -0.2) is 9.97 Å². The molecule has 0 saturated carbocycles. The first-order valence-electron chi connectivity index (χ1n) is 9.15. The van der Waals surface area contributed by atoms with E-state index in [2.05, 4.69) is 25.1 Å². The van der Waals surface area contributed by atoms with Crippen LogP contribution >= 0.6 is 0 Å². The number of nitrogens with zero attached hydrogens (tertiary/aromatic N) is 5. The van der Waals surface area contributed by atoms with Gasteiger partial charge >= 0.3 is 6.18 Å². The van der Waals surface area contributed by atoms with Crippen LogP contribution in [-0.4, -0.2) is 29.7 Å². The molecule has 0 radical (unpaired) electrons. The number of alkyl halides is 3. The van der Waals surface area contributed by atoms with Gasteiger partial charge < -0.3 is 0 Å². The number of aromatic nitrogens is 6. The monoisotopic (exact) mass is 408 g/mol. The van der Waals surface area contributed by atoms with Crippen molar-refractivity contribution >= 4 is 22.1 Å². The Bertz CT molecular complexity index is 1410. The fourth-order valence-electron chi connectivity index (χ4n) is 3.58. The molecule has 0 spiro atoms. The Morgan fingerprint density at radius 2 is 1.83 bits per heavy atom. The van der Waals surface area contributed by atoms with Gasteiger partial charge in [-0.05, 0) is 55.8 Å². The highest BCUT2D eigenvalue weighted by molar-refractivity contribution is 5.86. The molecule has 0 bridgehead atoms. The first-order valence-corrected chi connectivity index (χ1v) is 9.15. The number of nitrogens with one attached hydrogen (secondary N) is 1. The van der Waals surface area contributed by atoms with E-state index in [1.54, 1.807) is 23.0 Å². The van der Waals surface area contributed by atoms with Crippen molar-refractivity contribution < 1.29 is 13.2 Å². The molecule has 5 aromatic rings. The lowest BCUT2D eigenvalue weighted by Gasteiger charge is -2.12. The number of H-pyrrole nitrogens is 1. The van der Waals surface area contributed by atoms with Gasteiger partial charge in [-0.2, -0.15) is 18.3 Å². The van der Waals surface area contributed by atoms with Gasteiger partial charge in [-0.15, -0.1) is 0 Å². The van der Waals surface area contributed by atoms with Gasteiger partial charge in [0.05, 0.1) is 17.4 Å². The van der Waals surface area contributed by atoms with Crippen LogP contribution in [0.2, 0.25) is 0 Å². The Morgan fingerprint density at radius 1 is 1.00 bits per heavy atom. The number of aryl methyl sites for hydroxylation is 2. The molecule has 6 nitrogen and oxygen atoms in total. The van der Waals surface area contributed by atoms with Gasteiger partial charge in [0, 0.05) is 22.8 Å².